The highest BCUT2D eigenvalue weighted by molar-refractivity contribution is 4.76. The van der Waals surface area contributed by atoms with Gasteiger partial charge in [0.15, 0.2) is 5.79 Å². The summed E-state index contributed by atoms with van der Waals surface area (Å²) in [5, 5.41) is 8.97. The first-order chi connectivity index (χ1) is 7.57. The first-order valence-electron chi connectivity index (χ1n) is 6.54. The molecule has 0 aromatic rings. The molecule has 0 aromatic heterocycles. The summed E-state index contributed by atoms with van der Waals surface area (Å²) >= 11 is 0. The highest BCUT2D eigenvalue weighted by atomic mass is 16.7. The molecule has 0 amide bonds. The summed E-state index contributed by atoms with van der Waals surface area (Å²) in [6, 6.07) is 0. The fourth-order valence-corrected chi connectivity index (χ4v) is 2.34. The lowest BCUT2D eigenvalue weighted by atomic mass is 10.0. The molecule has 16 heavy (non-hydrogen) atoms. The quantitative estimate of drug-likeness (QED) is 0.713. The van der Waals surface area contributed by atoms with Crippen molar-refractivity contribution in [3.63, 3.8) is 0 Å². The topological polar surface area (TPSA) is 38.7 Å². The first kappa shape index (κ1) is 13.9. The molecule has 3 nitrogen and oxygen atoms in total. The maximum absolute atomic E-state index is 8.97. The number of aliphatic hydroxyl groups is 1. The van der Waals surface area contributed by atoms with E-state index in [9.17, 15) is 0 Å². The second-order valence-electron chi connectivity index (χ2n) is 5.12. The summed E-state index contributed by atoms with van der Waals surface area (Å²) in [5.41, 5.74) is 0. The van der Waals surface area contributed by atoms with E-state index in [-0.39, 0.29) is 12.7 Å². The van der Waals surface area contributed by atoms with Gasteiger partial charge in [0.25, 0.3) is 0 Å². The highest BCUT2D eigenvalue weighted by Gasteiger charge is 2.34. The summed E-state index contributed by atoms with van der Waals surface area (Å²) in [6.45, 7) is 6.33. The van der Waals surface area contributed by atoms with Gasteiger partial charge in [0.1, 0.15) is 0 Å². The van der Waals surface area contributed by atoms with Crippen molar-refractivity contribution in [3.8, 4) is 0 Å². The van der Waals surface area contributed by atoms with Gasteiger partial charge in [-0.1, -0.05) is 26.2 Å². The van der Waals surface area contributed by atoms with Crippen LogP contribution in [0.2, 0.25) is 0 Å². The standard InChI is InChI=1S/C13H26O3/c1-4-5-6-7-11-10-12(8-9-14)16-13(2,3)15-11/h11-12,14H,4-10H2,1-3H3/t11-,12+/m1/s1. The van der Waals surface area contributed by atoms with E-state index in [0.29, 0.717) is 6.10 Å². The minimum absolute atomic E-state index is 0.153. The lowest BCUT2D eigenvalue weighted by Gasteiger charge is -2.41. The molecule has 1 rings (SSSR count). The lowest BCUT2D eigenvalue weighted by Crippen LogP contribution is -2.44. The third-order valence-electron chi connectivity index (χ3n) is 3.01. The second kappa shape index (κ2) is 6.58. The average Bonchev–Trinajstić information content (AvgIpc) is 2.16. The molecule has 0 unspecified atom stereocenters. The fraction of sp³-hybridized carbons (Fsp3) is 1.00. The molecule has 0 radical (unpaired) electrons. The fourth-order valence-electron chi connectivity index (χ4n) is 2.34. The summed E-state index contributed by atoms with van der Waals surface area (Å²) < 4.78 is 11.7. The molecule has 0 spiro atoms. The molecule has 1 aliphatic rings. The van der Waals surface area contributed by atoms with Crippen molar-refractivity contribution in [2.75, 3.05) is 6.61 Å². The smallest absolute Gasteiger partial charge is 0.163 e. The number of hydrogen-bond acceptors (Lipinski definition) is 3. The molecule has 0 aromatic carbocycles. The summed E-state index contributed by atoms with van der Waals surface area (Å²) in [4.78, 5) is 0. The summed E-state index contributed by atoms with van der Waals surface area (Å²) in [6.07, 6.45) is 6.95. The summed E-state index contributed by atoms with van der Waals surface area (Å²) in [7, 11) is 0. The van der Waals surface area contributed by atoms with Crippen molar-refractivity contribution >= 4 is 0 Å². The van der Waals surface area contributed by atoms with E-state index in [1.807, 2.05) is 13.8 Å². The van der Waals surface area contributed by atoms with Crippen LogP contribution < -0.4 is 0 Å². The van der Waals surface area contributed by atoms with E-state index >= 15 is 0 Å². The zero-order chi connectivity index (χ0) is 12.0. The van der Waals surface area contributed by atoms with Gasteiger partial charge < -0.3 is 14.6 Å². The van der Waals surface area contributed by atoms with Crippen LogP contribution in [0.4, 0.5) is 0 Å². The molecule has 0 saturated carbocycles. The molecule has 1 fully saturated rings. The van der Waals surface area contributed by atoms with Gasteiger partial charge >= 0.3 is 0 Å². The predicted octanol–water partition coefficient (Wildman–Crippen LogP) is 2.86. The monoisotopic (exact) mass is 230 g/mol. The van der Waals surface area contributed by atoms with Gasteiger partial charge in [-0.05, 0) is 26.7 Å². The van der Waals surface area contributed by atoms with E-state index in [2.05, 4.69) is 6.92 Å². The zero-order valence-corrected chi connectivity index (χ0v) is 10.9. The Balaban J connectivity index is 2.38. The molecule has 1 aliphatic heterocycles. The number of ether oxygens (including phenoxy) is 2. The van der Waals surface area contributed by atoms with Gasteiger partial charge in [-0.2, -0.15) is 0 Å². The van der Waals surface area contributed by atoms with Crippen LogP contribution in [0.25, 0.3) is 0 Å². The molecule has 1 N–H and O–H groups in total. The van der Waals surface area contributed by atoms with Crippen molar-refractivity contribution < 1.29 is 14.6 Å². The number of unbranched alkanes of at least 4 members (excludes halogenated alkanes) is 2. The maximum atomic E-state index is 8.97. The van der Waals surface area contributed by atoms with E-state index in [4.69, 9.17) is 14.6 Å². The third kappa shape index (κ3) is 4.81. The van der Waals surface area contributed by atoms with E-state index in [1.54, 1.807) is 0 Å². The van der Waals surface area contributed by atoms with Gasteiger partial charge in [0, 0.05) is 13.0 Å². The number of hydrogen-bond donors (Lipinski definition) is 1. The Hall–Kier alpha value is -0.120. The SMILES string of the molecule is CCCCC[C@@H]1C[C@H](CCO)OC(C)(C)O1. The molecule has 3 heteroatoms. The van der Waals surface area contributed by atoms with Crippen LogP contribution in [-0.2, 0) is 9.47 Å². The van der Waals surface area contributed by atoms with E-state index in [1.165, 1.54) is 19.3 Å². The summed E-state index contributed by atoms with van der Waals surface area (Å²) in [5.74, 6) is -0.491. The van der Waals surface area contributed by atoms with Gasteiger partial charge in [0.2, 0.25) is 0 Å². The van der Waals surface area contributed by atoms with Crippen LogP contribution in [0.15, 0.2) is 0 Å². The van der Waals surface area contributed by atoms with Crippen LogP contribution in [0, 0.1) is 0 Å². The molecule has 0 bridgehead atoms. The largest absolute Gasteiger partial charge is 0.396 e. The number of aliphatic hydroxyl groups excluding tert-OH is 1. The van der Waals surface area contributed by atoms with Crippen molar-refractivity contribution in [3.05, 3.63) is 0 Å². The van der Waals surface area contributed by atoms with Gasteiger partial charge in [-0.25, -0.2) is 0 Å². The van der Waals surface area contributed by atoms with Crippen LogP contribution in [0.3, 0.4) is 0 Å². The molecular weight excluding hydrogens is 204 g/mol. The third-order valence-corrected chi connectivity index (χ3v) is 3.01. The second-order valence-corrected chi connectivity index (χ2v) is 5.12. The zero-order valence-electron chi connectivity index (χ0n) is 10.9. The first-order valence-corrected chi connectivity index (χ1v) is 6.54. The Morgan fingerprint density at radius 3 is 2.31 bits per heavy atom. The van der Waals surface area contributed by atoms with Gasteiger partial charge in [0.05, 0.1) is 12.2 Å². The minimum atomic E-state index is -0.491. The van der Waals surface area contributed by atoms with Gasteiger partial charge in [-0.3, -0.25) is 0 Å². The van der Waals surface area contributed by atoms with Crippen LogP contribution in [0.5, 0.6) is 0 Å². The van der Waals surface area contributed by atoms with Crippen molar-refractivity contribution in [2.24, 2.45) is 0 Å². The Bertz CT molecular complexity index is 192. The van der Waals surface area contributed by atoms with Crippen LogP contribution in [-0.4, -0.2) is 29.7 Å². The minimum Gasteiger partial charge on any atom is -0.396 e. The Morgan fingerprint density at radius 1 is 1.12 bits per heavy atom. The predicted molar refractivity (Wildman–Crippen MR) is 64.3 cm³/mol. The van der Waals surface area contributed by atoms with E-state index < -0.39 is 5.79 Å². The molecule has 1 heterocycles. The van der Waals surface area contributed by atoms with Crippen molar-refractivity contribution in [1.29, 1.82) is 0 Å². The molecule has 2 atom stereocenters. The van der Waals surface area contributed by atoms with Crippen LogP contribution >= 0.6 is 0 Å². The molecule has 1 saturated heterocycles. The highest BCUT2D eigenvalue weighted by Crippen LogP contribution is 2.30. The average molecular weight is 230 g/mol. The van der Waals surface area contributed by atoms with E-state index in [0.717, 1.165) is 19.3 Å². The van der Waals surface area contributed by atoms with Crippen molar-refractivity contribution in [2.45, 2.75) is 77.3 Å². The lowest BCUT2D eigenvalue weighted by molar-refractivity contribution is -0.301. The molecular formula is C13H26O3. The van der Waals surface area contributed by atoms with Crippen LogP contribution in [0.1, 0.15) is 59.3 Å². The number of rotatable bonds is 6. The van der Waals surface area contributed by atoms with Crippen molar-refractivity contribution in [1.82, 2.24) is 0 Å². The molecule has 0 aliphatic carbocycles. The molecule has 96 valence electrons. The Labute approximate surface area is 99.1 Å². The van der Waals surface area contributed by atoms with Gasteiger partial charge in [-0.15, -0.1) is 0 Å². The maximum Gasteiger partial charge on any atom is 0.163 e. The Kier molecular flexibility index (Phi) is 5.73. The Morgan fingerprint density at radius 2 is 1.75 bits per heavy atom. The normalized spacial score (nSPS) is 29.2.